The molecule has 1 heterocycles. The summed E-state index contributed by atoms with van der Waals surface area (Å²) in [5.74, 6) is 0.487. The average Bonchev–Trinajstić information content (AvgIpc) is 3.06. The van der Waals surface area contributed by atoms with Crippen molar-refractivity contribution in [3.63, 3.8) is 0 Å². The van der Waals surface area contributed by atoms with E-state index in [1.165, 1.54) is 16.9 Å². The van der Waals surface area contributed by atoms with E-state index in [0.717, 1.165) is 16.8 Å². The van der Waals surface area contributed by atoms with Crippen LogP contribution in [-0.2, 0) is 5.60 Å². The molecule has 0 fully saturated rings. The first-order valence-electron chi connectivity index (χ1n) is 7.82. The third kappa shape index (κ3) is 3.21. The van der Waals surface area contributed by atoms with Gasteiger partial charge in [0.15, 0.2) is 0 Å². The molecule has 2 nitrogen and oxygen atoms in total. The fraction of sp³-hybridized carbons (Fsp3) is 0.250. The first kappa shape index (κ1) is 15.9. The number of aliphatic hydroxyl groups is 1. The summed E-state index contributed by atoms with van der Waals surface area (Å²) < 4.78 is 0. The Kier molecular flexibility index (Phi) is 4.33. The molecule has 23 heavy (non-hydrogen) atoms. The Hall–Kier alpha value is -1.97. The molecular formula is C20H21NOS. The molecule has 3 rings (SSSR count). The normalized spacial score (nSPS) is 14.0. The summed E-state index contributed by atoms with van der Waals surface area (Å²) in [5.41, 5.74) is 3.11. The summed E-state index contributed by atoms with van der Waals surface area (Å²) in [6.07, 6.45) is 0. The van der Waals surface area contributed by atoms with E-state index in [-0.39, 0.29) is 0 Å². The lowest BCUT2D eigenvalue weighted by molar-refractivity contribution is 0.102. The van der Waals surface area contributed by atoms with Crippen molar-refractivity contribution >= 4 is 11.3 Å². The molecule has 0 radical (unpaired) electrons. The second kappa shape index (κ2) is 6.26. The Morgan fingerprint density at radius 3 is 2.48 bits per heavy atom. The summed E-state index contributed by atoms with van der Waals surface area (Å²) in [6.45, 7) is 6.17. The third-order valence-electron chi connectivity index (χ3n) is 4.11. The molecule has 118 valence electrons. The van der Waals surface area contributed by atoms with E-state index in [2.05, 4.69) is 38.1 Å². The van der Waals surface area contributed by atoms with Gasteiger partial charge in [-0.3, -0.25) is 0 Å². The highest BCUT2D eigenvalue weighted by Crippen LogP contribution is 2.34. The first-order chi connectivity index (χ1) is 11.0. The minimum atomic E-state index is -1.07. The third-order valence-corrected chi connectivity index (χ3v) is 5.16. The van der Waals surface area contributed by atoms with Crippen molar-refractivity contribution < 1.29 is 5.11 Å². The largest absolute Gasteiger partial charge is 0.378 e. The van der Waals surface area contributed by atoms with Crippen molar-refractivity contribution in [3.8, 4) is 11.3 Å². The lowest BCUT2D eigenvalue weighted by atomic mass is 9.97. The van der Waals surface area contributed by atoms with E-state index >= 15 is 0 Å². The second-order valence-corrected chi connectivity index (χ2v) is 7.11. The lowest BCUT2D eigenvalue weighted by Crippen LogP contribution is -2.22. The van der Waals surface area contributed by atoms with Crippen LogP contribution < -0.4 is 0 Å². The molecule has 0 bridgehead atoms. The van der Waals surface area contributed by atoms with Gasteiger partial charge in [-0.1, -0.05) is 62.4 Å². The van der Waals surface area contributed by atoms with Gasteiger partial charge < -0.3 is 5.11 Å². The van der Waals surface area contributed by atoms with Crippen LogP contribution in [-0.4, -0.2) is 10.1 Å². The molecule has 1 aromatic heterocycles. The Balaban J connectivity index is 1.96. The molecule has 0 spiro atoms. The molecule has 3 aromatic rings. The predicted octanol–water partition coefficient (Wildman–Crippen LogP) is 5.19. The quantitative estimate of drug-likeness (QED) is 0.717. The minimum Gasteiger partial charge on any atom is -0.378 e. The molecule has 1 unspecified atom stereocenters. The topological polar surface area (TPSA) is 33.1 Å². The highest BCUT2D eigenvalue weighted by molar-refractivity contribution is 7.10. The molecule has 2 aromatic carbocycles. The van der Waals surface area contributed by atoms with Crippen molar-refractivity contribution in [2.24, 2.45) is 0 Å². The maximum atomic E-state index is 10.9. The molecule has 3 heteroatoms. The zero-order chi connectivity index (χ0) is 16.4. The van der Waals surface area contributed by atoms with E-state index in [1.807, 2.05) is 35.7 Å². The van der Waals surface area contributed by atoms with Gasteiger partial charge in [0, 0.05) is 10.9 Å². The zero-order valence-corrected chi connectivity index (χ0v) is 14.5. The summed E-state index contributed by atoms with van der Waals surface area (Å²) in [7, 11) is 0. The lowest BCUT2D eigenvalue weighted by Gasteiger charge is -2.21. The average molecular weight is 323 g/mol. The van der Waals surface area contributed by atoms with Crippen LogP contribution in [0.1, 0.15) is 42.8 Å². The number of hydrogen-bond acceptors (Lipinski definition) is 3. The van der Waals surface area contributed by atoms with Gasteiger partial charge in [-0.15, -0.1) is 11.3 Å². The molecule has 1 atom stereocenters. The minimum absolute atomic E-state index is 0.487. The number of thiazole rings is 1. The highest BCUT2D eigenvalue weighted by atomic mass is 32.1. The van der Waals surface area contributed by atoms with Crippen LogP contribution >= 0.6 is 11.3 Å². The van der Waals surface area contributed by atoms with E-state index in [1.54, 1.807) is 6.92 Å². The Morgan fingerprint density at radius 2 is 1.78 bits per heavy atom. The van der Waals surface area contributed by atoms with Crippen LogP contribution in [0.15, 0.2) is 60.0 Å². The van der Waals surface area contributed by atoms with Crippen molar-refractivity contribution in [2.75, 3.05) is 0 Å². The van der Waals surface area contributed by atoms with Gasteiger partial charge in [-0.2, -0.15) is 0 Å². The fourth-order valence-corrected chi connectivity index (χ4v) is 3.48. The number of hydrogen-bond donors (Lipinski definition) is 1. The summed E-state index contributed by atoms with van der Waals surface area (Å²) in [4.78, 5) is 4.70. The number of nitrogens with zero attached hydrogens (tertiary/aromatic N) is 1. The van der Waals surface area contributed by atoms with Gasteiger partial charge in [0.05, 0.1) is 5.69 Å². The van der Waals surface area contributed by atoms with E-state index in [0.29, 0.717) is 10.9 Å². The molecule has 0 saturated carbocycles. The molecule has 0 aliphatic rings. The van der Waals surface area contributed by atoms with Gasteiger partial charge in [-0.25, -0.2) is 4.98 Å². The van der Waals surface area contributed by atoms with Gasteiger partial charge in [-0.05, 0) is 30.0 Å². The van der Waals surface area contributed by atoms with Gasteiger partial charge in [0.25, 0.3) is 0 Å². The Labute approximate surface area is 141 Å². The van der Waals surface area contributed by atoms with Gasteiger partial charge in [0.2, 0.25) is 0 Å². The van der Waals surface area contributed by atoms with Crippen LogP contribution in [0.5, 0.6) is 0 Å². The molecular weight excluding hydrogens is 302 g/mol. The molecule has 0 saturated heterocycles. The van der Waals surface area contributed by atoms with Crippen LogP contribution in [0.25, 0.3) is 11.3 Å². The summed E-state index contributed by atoms with van der Waals surface area (Å²) >= 11 is 1.50. The van der Waals surface area contributed by atoms with Crippen LogP contribution in [0.3, 0.4) is 0 Å². The molecule has 0 aliphatic carbocycles. The monoisotopic (exact) mass is 323 g/mol. The van der Waals surface area contributed by atoms with Crippen LogP contribution in [0, 0.1) is 0 Å². The van der Waals surface area contributed by atoms with Crippen LogP contribution in [0.4, 0.5) is 0 Å². The Bertz CT molecular complexity index is 790. The van der Waals surface area contributed by atoms with Crippen molar-refractivity contribution in [2.45, 2.75) is 32.3 Å². The number of benzene rings is 2. The highest BCUT2D eigenvalue weighted by Gasteiger charge is 2.29. The number of rotatable bonds is 4. The van der Waals surface area contributed by atoms with Crippen LogP contribution in [0.2, 0.25) is 0 Å². The summed E-state index contributed by atoms with van der Waals surface area (Å²) in [6, 6.07) is 18.1. The van der Waals surface area contributed by atoms with Crippen molar-refractivity contribution in [3.05, 3.63) is 76.1 Å². The van der Waals surface area contributed by atoms with E-state index in [9.17, 15) is 5.11 Å². The molecule has 1 N–H and O–H groups in total. The molecule has 0 amide bonds. The maximum Gasteiger partial charge on any atom is 0.138 e. The van der Waals surface area contributed by atoms with E-state index < -0.39 is 5.60 Å². The second-order valence-electron chi connectivity index (χ2n) is 6.26. The van der Waals surface area contributed by atoms with Gasteiger partial charge >= 0.3 is 0 Å². The summed E-state index contributed by atoms with van der Waals surface area (Å²) in [5, 5.41) is 13.6. The standard InChI is InChI=1S/C20H21NOS/c1-14(2)15-8-7-9-16(12-15)18-13-23-19(21-18)20(3,22)17-10-5-4-6-11-17/h4-14,22H,1-3H3. The zero-order valence-electron chi connectivity index (χ0n) is 13.7. The SMILES string of the molecule is CC(C)c1cccc(-c2csc(C(C)(O)c3ccccc3)n2)c1. The van der Waals surface area contributed by atoms with E-state index in [4.69, 9.17) is 4.98 Å². The maximum absolute atomic E-state index is 10.9. The Morgan fingerprint density at radius 1 is 1.04 bits per heavy atom. The smallest absolute Gasteiger partial charge is 0.138 e. The van der Waals surface area contributed by atoms with Crippen molar-refractivity contribution in [1.82, 2.24) is 4.98 Å². The fourth-order valence-electron chi connectivity index (χ4n) is 2.57. The first-order valence-corrected chi connectivity index (χ1v) is 8.70. The number of aromatic nitrogens is 1. The van der Waals surface area contributed by atoms with Crippen molar-refractivity contribution in [1.29, 1.82) is 0 Å². The molecule has 0 aliphatic heterocycles. The van der Waals surface area contributed by atoms with Gasteiger partial charge in [0.1, 0.15) is 10.6 Å². The predicted molar refractivity (Wildman–Crippen MR) is 96.8 cm³/mol.